The summed E-state index contributed by atoms with van der Waals surface area (Å²) >= 11 is 0. The molecule has 2 saturated heterocycles. The van der Waals surface area contributed by atoms with Gasteiger partial charge in [0.25, 0.3) is 0 Å². The number of likely N-dealkylation sites (tertiary alicyclic amines) is 1. The number of carbonyl (C=O) groups is 1. The first kappa shape index (κ1) is 19.1. The highest BCUT2D eigenvalue weighted by Gasteiger charge is 2.35. The van der Waals surface area contributed by atoms with Crippen molar-refractivity contribution in [2.75, 3.05) is 46.4 Å². The number of carbonyl (C=O) groups excluding carboxylic acids is 1. The number of nitrogens with one attached hydrogen (secondary N) is 1. The van der Waals surface area contributed by atoms with Gasteiger partial charge >= 0.3 is 0 Å². The van der Waals surface area contributed by atoms with Crippen LogP contribution in [0.25, 0.3) is 0 Å². The molecule has 3 aliphatic rings. The molecule has 25 heavy (non-hydrogen) atoms. The maximum atomic E-state index is 12.7. The highest BCUT2D eigenvalue weighted by atomic mass is 16.5. The van der Waals surface area contributed by atoms with Crippen molar-refractivity contribution in [3.05, 3.63) is 0 Å². The number of nitrogens with zero attached hydrogens (tertiary/aromatic N) is 2. The summed E-state index contributed by atoms with van der Waals surface area (Å²) < 4.78 is 5.49. The van der Waals surface area contributed by atoms with Crippen LogP contribution in [0.3, 0.4) is 0 Å². The maximum absolute atomic E-state index is 12.7. The smallest absolute Gasteiger partial charge is 0.220 e. The first-order valence-electron chi connectivity index (χ1n) is 10.5. The molecule has 1 N–H and O–H groups in total. The molecule has 3 fully saturated rings. The molecule has 0 spiro atoms. The largest absolute Gasteiger partial charge is 0.379 e. The normalized spacial score (nSPS) is 28.6. The Labute approximate surface area is 153 Å². The van der Waals surface area contributed by atoms with Crippen molar-refractivity contribution in [3.8, 4) is 0 Å². The van der Waals surface area contributed by atoms with Gasteiger partial charge in [0, 0.05) is 32.1 Å². The number of morpholine rings is 1. The second kappa shape index (κ2) is 9.33. The van der Waals surface area contributed by atoms with E-state index in [0.717, 1.165) is 52.1 Å². The minimum atomic E-state index is 0.00510. The van der Waals surface area contributed by atoms with E-state index < -0.39 is 0 Å². The molecule has 1 amide bonds. The third-order valence-corrected chi connectivity index (χ3v) is 6.47. The lowest BCUT2D eigenvalue weighted by Crippen LogP contribution is -2.58. The van der Waals surface area contributed by atoms with Crippen LogP contribution in [0, 0.1) is 0 Å². The molecule has 1 unspecified atom stereocenters. The fourth-order valence-electron chi connectivity index (χ4n) is 4.90. The minimum absolute atomic E-state index is 0.00510. The van der Waals surface area contributed by atoms with Gasteiger partial charge in [-0.2, -0.15) is 0 Å². The van der Waals surface area contributed by atoms with Crippen LogP contribution >= 0.6 is 0 Å². The lowest BCUT2D eigenvalue weighted by Gasteiger charge is -2.43. The van der Waals surface area contributed by atoms with Gasteiger partial charge in [-0.15, -0.1) is 0 Å². The molecule has 2 heterocycles. The van der Waals surface area contributed by atoms with Gasteiger partial charge in [0.05, 0.1) is 18.8 Å². The molecular formula is C20H37N3O2. The van der Waals surface area contributed by atoms with E-state index in [0.29, 0.717) is 12.5 Å². The van der Waals surface area contributed by atoms with Crippen molar-refractivity contribution >= 4 is 5.91 Å². The second-order valence-corrected chi connectivity index (χ2v) is 8.45. The van der Waals surface area contributed by atoms with Gasteiger partial charge in [-0.1, -0.05) is 25.7 Å². The molecule has 0 aromatic heterocycles. The molecule has 3 rings (SSSR count). The fraction of sp³-hybridized carbons (Fsp3) is 0.950. The van der Waals surface area contributed by atoms with E-state index >= 15 is 0 Å². The average molecular weight is 352 g/mol. The Bertz CT molecular complexity index is 417. The van der Waals surface area contributed by atoms with E-state index in [2.05, 4.69) is 22.2 Å². The molecule has 0 aromatic carbocycles. The van der Waals surface area contributed by atoms with E-state index in [4.69, 9.17) is 4.74 Å². The first-order valence-corrected chi connectivity index (χ1v) is 10.5. The minimum Gasteiger partial charge on any atom is -0.379 e. The molecule has 5 nitrogen and oxygen atoms in total. The Morgan fingerprint density at radius 2 is 1.84 bits per heavy atom. The Morgan fingerprint density at radius 3 is 2.56 bits per heavy atom. The van der Waals surface area contributed by atoms with Crippen molar-refractivity contribution in [1.29, 1.82) is 0 Å². The summed E-state index contributed by atoms with van der Waals surface area (Å²) in [4.78, 5) is 17.7. The number of ether oxygens (including phenoxy) is 1. The Hall–Kier alpha value is -0.650. The van der Waals surface area contributed by atoms with Crippen molar-refractivity contribution in [1.82, 2.24) is 15.1 Å². The zero-order valence-corrected chi connectivity index (χ0v) is 16.1. The van der Waals surface area contributed by atoms with E-state index in [1.54, 1.807) is 0 Å². The van der Waals surface area contributed by atoms with Crippen LogP contribution < -0.4 is 5.32 Å². The van der Waals surface area contributed by atoms with Crippen LogP contribution in [-0.4, -0.2) is 73.7 Å². The second-order valence-electron chi connectivity index (χ2n) is 8.45. The first-order chi connectivity index (χ1) is 12.2. The molecule has 0 bridgehead atoms. The van der Waals surface area contributed by atoms with E-state index in [1.807, 2.05) is 0 Å². The maximum Gasteiger partial charge on any atom is 0.220 e. The predicted molar refractivity (Wildman–Crippen MR) is 101 cm³/mol. The van der Waals surface area contributed by atoms with E-state index in [1.165, 1.54) is 45.1 Å². The van der Waals surface area contributed by atoms with E-state index in [9.17, 15) is 4.79 Å². The van der Waals surface area contributed by atoms with Gasteiger partial charge in [-0.25, -0.2) is 0 Å². The van der Waals surface area contributed by atoms with Gasteiger partial charge < -0.3 is 15.0 Å². The quantitative estimate of drug-likeness (QED) is 0.798. The fourth-order valence-corrected chi connectivity index (χ4v) is 4.90. The zero-order chi connectivity index (χ0) is 17.5. The number of rotatable bonds is 6. The molecule has 0 aromatic rings. The molecule has 1 aliphatic carbocycles. The molecule has 1 saturated carbocycles. The number of hydrogen-bond donors (Lipinski definition) is 1. The lowest BCUT2D eigenvalue weighted by molar-refractivity contribution is -0.124. The Balaban J connectivity index is 1.51. The van der Waals surface area contributed by atoms with Gasteiger partial charge in [0.15, 0.2) is 0 Å². The molecule has 2 aliphatic heterocycles. The summed E-state index contributed by atoms with van der Waals surface area (Å²) in [6.45, 7) is 5.86. The predicted octanol–water partition coefficient (Wildman–Crippen LogP) is 2.40. The van der Waals surface area contributed by atoms with Crippen LogP contribution in [0.2, 0.25) is 0 Å². The summed E-state index contributed by atoms with van der Waals surface area (Å²) in [6.07, 6.45) is 11.6. The van der Waals surface area contributed by atoms with Crippen molar-refractivity contribution in [2.24, 2.45) is 0 Å². The summed E-state index contributed by atoms with van der Waals surface area (Å²) in [5, 5.41) is 3.49. The van der Waals surface area contributed by atoms with Crippen molar-refractivity contribution in [3.63, 3.8) is 0 Å². The standard InChI is InChI=1S/C20H37N3O2/c1-22-12-6-3-7-18(22)8-9-19(24)21-20(10-4-2-5-11-20)17-23-13-15-25-16-14-23/h18H,2-17H2,1H3,(H,21,24). The summed E-state index contributed by atoms with van der Waals surface area (Å²) in [5.74, 6) is 0.272. The third kappa shape index (κ3) is 5.66. The van der Waals surface area contributed by atoms with Crippen molar-refractivity contribution < 1.29 is 9.53 Å². The van der Waals surface area contributed by atoms with Gasteiger partial charge in [-0.3, -0.25) is 9.69 Å². The topological polar surface area (TPSA) is 44.8 Å². The monoisotopic (exact) mass is 351 g/mol. The molecule has 0 radical (unpaired) electrons. The molecule has 5 heteroatoms. The van der Waals surface area contributed by atoms with Gasteiger partial charge in [0.1, 0.15) is 0 Å². The van der Waals surface area contributed by atoms with Crippen LogP contribution in [0.5, 0.6) is 0 Å². The van der Waals surface area contributed by atoms with Crippen LogP contribution in [0.1, 0.15) is 64.2 Å². The highest BCUT2D eigenvalue weighted by molar-refractivity contribution is 5.76. The number of amides is 1. The summed E-state index contributed by atoms with van der Waals surface area (Å²) in [7, 11) is 2.21. The highest BCUT2D eigenvalue weighted by Crippen LogP contribution is 2.30. The molecule has 1 atom stereocenters. The zero-order valence-electron chi connectivity index (χ0n) is 16.1. The third-order valence-electron chi connectivity index (χ3n) is 6.47. The van der Waals surface area contributed by atoms with Crippen LogP contribution in [-0.2, 0) is 9.53 Å². The Kier molecular flexibility index (Phi) is 7.14. The SMILES string of the molecule is CN1CCCCC1CCC(=O)NC1(CN2CCOCC2)CCCCC1. The average Bonchev–Trinajstić information content (AvgIpc) is 2.62. The Morgan fingerprint density at radius 1 is 1.08 bits per heavy atom. The van der Waals surface area contributed by atoms with Crippen molar-refractivity contribution in [2.45, 2.75) is 75.8 Å². The van der Waals surface area contributed by atoms with Crippen LogP contribution in [0.4, 0.5) is 0 Å². The molecule has 144 valence electrons. The number of hydrogen-bond acceptors (Lipinski definition) is 4. The van der Waals surface area contributed by atoms with E-state index in [-0.39, 0.29) is 11.4 Å². The summed E-state index contributed by atoms with van der Waals surface area (Å²) in [5.41, 5.74) is 0.00510. The lowest BCUT2D eigenvalue weighted by atomic mass is 9.80. The molecular weight excluding hydrogens is 314 g/mol. The summed E-state index contributed by atoms with van der Waals surface area (Å²) in [6, 6.07) is 0.598. The van der Waals surface area contributed by atoms with Gasteiger partial charge in [-0.05, 0) is 45.7 Å². The number of piperidine rings is 1. The van der Waals surface area contributed by atoms with Crippen LogP contribution in [0.15, 0.2) is 0 Å². The van der Waals surface area contributed by atoms with Gasteiger partial charge in [0.2, 0.25) is 5.91 Å².